The molecule has 22 heavy (non-hydrogen) atoms. The first kappa shape index (κ1) is 15.8. The summed E-state index contributed by atoms with van der Waals surface area (Å²) in [4.78, 5) is 23.1. The Labute approximate surface area is 130 Å². The average molecular weight is 297 g/mol. The maximum atomic E-state index is 12.0. The number of carbonyl (C=O) groups excluding carboxylic acids is 2. The molecule has 0 aliphatic carbocycles. The normalized spacial score (nSPS) is 13.0. The molecule has 4 nitrogen and oxygen atoms in total. The van der Waals surface area contributed by atoms with E-state index in [4.69, 9.17) is 4.74 Å². The molecule has 1 amide bonds. The zero-order valence-corrected chi connectivity index (χ0v) is 12.4. The van der Waals surface area contributed by atoms with E-state index in [9.17, 15) is 9.59 Å². The molecule has 0 aliphatic rings. The molecule has 0 saturated carbocycles. The molecule has 2 aromatic rings. The largest absolute Gasteiger partial charge is 0.445 e. The number of rotatable bonds is 6. The highest BCUT2D eigenvalue weighted by atomic mass is 16.5. The van der Waals surface area contributed by atoms with Gasteiger partial charge in [-0.3, -0.25) is 0 Å². The van der Waals surface area contributed by atoms with Crippen molar-refractivity contribution in [3.05, 3.63) is 71.8 Å². The molecule has 4 heteroatoms. The predicted molar refractivity (Wildman–Crippen MR) is 84.2 cm³/mol. The molecular formula is C18H19NO3. The molecule has 114 valence electrons. The smallest absolute Gasteiger partial charge is 0.407 e. The van der Waals surface area contributed by atoms with E-state index in [1.54, 1.807) is 6.92 Å². The van der Waals surface area contributed by atoms with Gasteiger partial charge in [-0.05, 0) is 11.1 Å². The summed E-state index contributed by atoms with van der Waals surface area (Å²) >= 11 is 0. The van der Waals surface area contributed by atoms with Crippen molar-refractivity contribution in [2.75, 3.05) is 0 Å². The van der Waals surface area contributed by atoms with E-state index in [2.05, 4.69) is 5.32 Å². The lowest BCUT2D eigenvalue weighted by atomic mass is 9.96. The summed E-state index contributed by atoms with van der Waals surface area (Å²) < 4.78 is 5.21. The number of hydrogen-bond donors (Lipinski definition) is 1. The highest BCUT2D eigenvalue weighted by Gasteiger charge is 2.21. The van der Waals surface area contributed by atoms with Crippen LogP contribution in [0.2, 0.25) is 0 Å². The maximum Gasteiger partial charge on any atom is 0.407 e. The fourth-order valence-electron chi connectivity index (χ4n) is 2.15. The van der Waals surface area contributed by atoms with Crippen molar-refractivity contribution in [3.63, 3.8) is 0 Å². The second kappa shape index (κ2) is 7.98. The summed E-state index contributed by atoms with van der Waals surface area (Å²) in [5.41, 5.74) is 1.79. The lowest BCUT2D eigenvalue weighted by Gasteiger charge is -2.21. The highest BCUT2D eigenvalue weighted by molar-refractivity contribution is 5.69. The Balaban J connectivity index is 1.98. The third-order valence-corrected chi connectivity index (χ3v) is 3.39. The van der Waals surface area contributed by atoms with Crippen LogP contribution in [0, 0.1) is 5.92 Å². The minimum absolute atomic E-state index is 0.198. The predicted octanol–water partition coefficient (Wildman–Crippen LogP) is 3.49. The molecule has 1 N–H and O–H groups in total. The van der Waals surface area contributed by atoms with Crippen LogP contribution in [-0.4, -0.2) is 12.4 Å². The van der Waals surface area contributed by atoms with Crippen LogP contribution in [0.5, 0.6) is 0 Å². The van der Waals surface area contributed by atoms with Gasteiger partial charge in [-0.1, -0.05) is 67.6 Å². The third-order valence-electron chi connectivity index (χ3n) is 3.39. The van der Waals surface area contributed by atoms with Gasteiger partial charge in [0.2, 0.25) is 0 Å². The van der Waals surface area contributed by atoms with Gasteiger partial charge < -0.3 is 14.8 Å². The molecule has 0 heterocycles. The molecule has 0 radical (unpaired) electrons. The lowest BCUT2D eigenvalue weighted by molar-refractivity contribution is -0.111. The van der Waals surface area contributed by atoms with Gasteiger partial charge >= 0.3 is 6.09 Å². The van der Waals surface area contributed by atoms with Gasteiger partial charge in [0.05, 0.1) is 6.04 Å². The van der Waals surface area contributed by atoms with Crippen molar-refractivity contribution in [2.24, 2.45) is 5.92 Å². The van der Waals surface area contributed by atoms with E-state index in [-0.39, 0.29) is 12.5 Å². The molecule has 0 spiro atoms. The minimum atomic E-state index is -0.536. The quantitative estimate of drug-likeness (QED) is 0.830. The number of benzene rings is 2. The standard InChI is InChI=1S/C18H19NO3/c1-14(12-20)17(16-10-6-3-7-11-16)19-18(21)22-13-15-8-4-2-5-9-15/h2-12,14,17H,13H2,1H3,(H,19,21)/t14-,17+/m0/s1. The first-order chi connectivity index (χ1) is 10.7. The minimum Gasteiger partial charge on any atom is -0.445 e. The molecule has 0 unspecified atom stereocenters. The first-order valence-corrected chi connectivity index (χ1v) is 7.18. The molecule has 2 atom stereocenters. The maximum absolute atomic E-state index is 12.0. The topological polar surface area (TPSA) is 55.4 Å². The van der Waals surface area contributed by atoms with Crippen molar-refractivity contribution < 1.29 is 14.3 Å². The Morgan fingerprint density at radius 1 is 1.09 bits per heavy atom. The number of nitrogens with one attached hydrogen (secondary N) is 1. The molecule has 0 bridgehead atoms. The van der Waals surface area contributed by atoms with Crippen LogP contribution in [0.1, 0.15) is 24.1 Å². The summed E-state index contributed by atoms with van der Waals surface area (Å²) in [6, 6.07) is 18.4. The third kappa shape index (κ3) is 4.45. The highest BCUT2D eigenvalue weighted by Crippen LogP contribution is 2.20. The van der Waals surface area contributed by atoms with Gasteiger partial charge in [-0.2, -0.15) is 0 Å². The fourth-order valence-corrected chi connectivity index (χ4v) is 2.15. The van der Waals surface area contributed by atoms with Crippen LogP contribution in [-0.2, 0) is 16.1 Å². The Bertz CT molecular complexity index is 598. The van der Waals surface area contributed by atoms with E-state index in [1.807, 2.05) is 60.7 Å². The summed E-state index contributed by atoms with van der Waals surface area (Å²) in [5, 5.41) is 2.76. The summed E-state index contributed by atoms with van der Waals surface area (Å²) in [6.45, 7) is 1.96. The van der Waals surface area contributed by atoms with Gasteiger partial charge in [0.1, 0.15) is 12.9 Å². The monoisotopic (exact) mass is 297 g/mol. The number of ether oxygens (including phenoxy) is 1. The zero-order valence-electron chi connectivity index (χ0n) is 12.4. The van der Waals surface area contributed by atoms with Crippen LogP contribution in [0.4, 0.5) is 4.79 Å². The van der Waals surface area contributed by atoms with E-state index in [0.29, 0.717) is 0 Å². The molecule has 0 aromatic heterocycles. The van der Waals surface area contributed by atoms with Gasteiger partial charge in [-0.15, -0.1) is 0 Å². The van der Waals surface area contributed by atoms with Gasteiger partial charge in [0, 0.05) is 5.92 Å². The van der Waals surface area contributed by atoms with E-state index in [1.165, 1.54) is 0 Å². The molecule has 0 aliphatic heterocycles. The number of alkyl carbamates (subject to hydrolysis) is 1. The van der Waals surface area contributed by atoms with Crippen LogP contribution in [0.15, 0.2) is 60.7 Å². The van der Waals surface area contributed by atoms with Crippen LogP contribution >= 0.6 is 0 Å². The Morgan fingerprint density at radius 3 is 2.27 bits per heavy atom. The number of amides is 1. The van der Waals surface area contributed by atoms with Crippen molar-refractivity contribution in [1.29, 1.82) is 0 Å². The van der Waals surface area contributed by atoms with Crippen molar-refractivity contribution in [2.45, 2.75) is 19.6 Å². The van der Waals surface area contributed by atoms with Crippen molar-refractivity contribution in [3.8, 4) is 0 Å². The molecule has 2 rings (SSSR count). The number of carbonyl (C=O) groups is 2. The average Bonchev–Trinajstić information content (AvgIpc) is 2.59. The Hall–Kier alpha value is -2.62. The zero-order chi connectivity index (χ0) is 15.8. The van der Waals surface area contributed by atoms with E-state index < -0.39 is 12.1 Å². The fraction of sp³-hybridized carbons (Fsp3) is 0.222. The Kier molecular flexibility index (Phi) is 5.72. The van der Waals surface area contributed by atoms with E-state index >= 15 is 0 Å². The number of aldehydes is 1. The van der Waals surface area contributed by atoms with E-state index in [0.717, 1.165) is 17.4 Å². The number of hydrogen-bond acceptors (Lipinski definition) is 3. The molecule has 2 aromatic carbocycles. The summed E-state index contributed by atoms with van der Waals surface area (Å²) in [7, 11) is 0. The molecule has 0 saturated heterocycles. The van der Waals surface area contributed by atoms with Crippen molar-refractivity contribution in [1.82, 2.24) is 5.32 Å². The second-order valence-corrected chi connectivity index (χ2v) is 5.09. The van der Waals surface area contributed by atoms with Crippen molar-refractivity contribution >= 4 is 12.4 Å². The van der Waals surface area contributed by atoms with Gasteiger partial charge in [0.15, 0.2) is 0 Å². The second-order valence-electron chi connectivity index (χ2n) is 5.09. The lowest BCUT2D eigenvalue weighted by Crippen LogP contribution is -2.33. The molecule has 0 fully saturated rings. The van der Waals surface area contributed by atoms with Gasteiger partial charge in [-0.25, -0.2) is 4.79 Å². The van der Waals surface area contributed by atoms with Gasteiger partial charge in [0.25, 0.3) is 0 Å². The first-order valence-electron chi connectivity index (χ1n) is 7.18. The Morgan fingerprint density at radius 2 is 1.68 bits per heavy atom. The summed E-state index contributed by atoms with van der Waals surface area (Å²) in [6.07, 6.45) is 0.293. The SMILES string of the molecule is C[C@@H](C=O)[C@@H](NC(=O)OCc1ccccc1)c1ccccc1. The summed E-state index contributed by atoms with van der Waals surface area (Å²) in [5.74, 6) is -0.341. The van der Waals surface area contributed by atoms with Crippen LogP contribution < -0.4 is 5.32 Å². The molecular weight excluding hydrogens is 278 g/mol. The van der Waals surface area contributed by atoms with Crippen LogP contribution in [0.3, 0.4) is 0 Å². The van der Waals surface area contributed by atoms with Crippen LogP contribution in [0.25, 0.3) is 0 Å².